The number of halogens is 1. The lowest BCUT2D eigenvalue weighted by Gasteiger charge is -2.06. The Morgan fingerprint density at radius 2 is 2.46 bits per heavy atom. The van der Waals surface area contributed by atoms with Crippen molar-refractivity contribution in [2.45, 2.75) is 25.3 Å². The molecule has 1 N–H and O–H groups in total. The predicted octanol–water partition coefficient (Wildman–Crippen LogP) is 1.53. The Kier molecular flexibility index (Phi) is 4.25. The maximum absolute atomic E-state index is 5.95. The molecule has 0 bridgehead atoms. The topological polar surface area (TPSA) is 29.9 Å². The first-order valence-electron chi connectivity index (χ1n) is 4.54. The zero-order valence-electron chi connectivity index (χ0n) is 8.13. The van der Waals surface area contributed by atoms with Gasteiger partial charge in [0, 0.05) is 37.3 Å². The van der Waals surface area contributed by atoms with Crippen LogP contribution in [-0.4, -0.2) is 21.7 Å². The van der Waals surface area contributed by atoms with E-state index in [-0.39, 0.29) is 5.38 Å². The highest BCUT2D eigenvalue weighted by Gasteiger charge is 2.00. The molecule has 0 aliphatic carbocycles. The average Bonchev–Trinajstić information content (AvgIpc) is 2.51. The van der Waals surface area contributed by atoms with E-state index >= 15 is 0 Å². The second-order valence-electron chi connectivity index (χ2n) is 3.16. The number of hydrogen-bond donors (Lipinski definition) is 1. The smallest absolute Gasteiger partial charge is 0.0534 e. The molecule has 0 aliphatic heterocycles. The van der Waals surface area contributed by atoms with Crippen LogP contribution in [0.5, 0.6) is 0 Å². The van der Waals surface area contributed by atoms with Crippen LogP contribution in [-0.2, 0) is 13.6 Å². The Bertz CT molecular complexity index is 247. The van der Waals surface area contributed by atoms with Gasteiger partial charge in [0.15, 0.2) is 0 Å². The van der Waals surface area contributed by atoms with E-state index in [2.05, 4.69) is 17.3 Å². The number of hydrogen-bond acceptors (Lipinski definition) is 2. The van der Waals surface area contributed by atoms with E-state index in [0.717, 1.165) is 19.5 Å². The number of aryl methyl sites for hydroxylation is 1. The maximum atomic E-state index is 5.95. The highest BCUT2D eigenvalue weighted by Crippen LogP contribution is 2.00. The number of rotatable bonds is 5. The lowest BCUT2D eigenvalue weighted by Crippen LogP contribution is -2.22. The van der Waals surface area contributed by atoms with E-state index in [1.54, 1.807) is 4.68 Å². The second-order valence-corrected chi connectivity index (χ2v) is 3.78. The SMILES string of the molecule is CCC(Cl)CNCc1cnn(C)c1. The van der Waals surface area contributed by atoms with Crippen molar-refractivity contribution in [2.75, 3.05) is 6.54 Å². The van der Waals surface area contributed by atoms with Crippen molar-refractivity contribution in [3.05, 3.63) is 18.0 Å². The summed E-state index contributed by atoms with van der Waals surface area (Å²) >= 11 is 5.95. The van der Waals surface area contributed by atoms with Crippen LogP contribution in [0.4, 0.5) is 0 Å². The molecule has 0 aromatic carbocycles. The van der Waals surface area contributed by atoms with E-state index in [4.69, 9.17) is 11.6 Å². The molecule has 0 radical (unpaired) electrons. The van der Waals surface area contributed by atoms with Crippen LogP contribution in [0.15, 0.2) is 12.4 Å². The van der Waals surface area contributed by atoms with Crippen LogP contribution in [0.1, 0.15) is 18.9 Å². The van der Waals surface area contributed by atoms with Crippen molar-refractivity contribution in [2.24, 2.45) is 7.05 Å². The summed E-state index contributed by atoms with van der Waals surface area (Å²) in [4.78, 5) is 0. The van der Waals surface area contributed by atoms with Gasteiger partial charge >= 0.3 is 0 Å². The van der Waals surface area contributed by atoms with Crippen molar-refractivity contribution in [1.82, 2.24) is 15.1 Å². The van der Waals surface area contributed by atoms with Crippen LogP contribution >= 0.6 is 11.6 Å². The van der Waals surface area contributed by atoms with Gasteiger partial charge in [-0.15, -0.1) is 11.6 Å². The van der Waals surface area contributed by atoms with Gasteiger partial charge in [0.25, 0.3) is 0 Å². The summed E-state index contributed by atoms with van der Waals surface area (Å²) in [6.07, 6.45) is 4.87. The molecule has 0 saturated heterocycles. The van der Waals surface area contributed by atoms with Gasteiger partial charge in [-0.1, -0.05) is 6.92 Å². The van der Waals surface area contributed by atoms with Gasteiger partial charge in [0.05, 0.1) is 6.20 Å². The number of nitrogens with one attached hydrogen (secondary N) is 1. The summed E-state index contributed by atoms with van der Waals surface area (Å²) < 4.78 is 1.80. The Hall–Kier alpha value is -0.540. The fourth-order valence-electron chi connectivity index (χ4n) is 1.08. The molecule has 4 heteroatoms. The third kappa shape index (κ3) is 3.79. The molecule has 74 valence electrons. The molecular weight excluding hydrogens is 186 g/mol. The van der Waals surface area contributed by atoms with Gasteiger partial charge < -0.3 is 5.32 Å². The number of nitrogens with zero attached hydrogens (tertiary/aromatic N) is 2. The Morgan fingerprint density at radius 1 is 1.69 bits per heavy atom. The third-order valence-electron chi connectivity index (χ3n) is 1.90. The summed E-state index contributed by atoms with van der Waals surface area (Å²) in [5, 5.41) is 7.59. The van der Waals surface area contributed by atoms with Gasteiger partial charge in [-0.05, 0) is 6.42 Å². The summed E-state index contributed by atoms with van der Waals surface area (Å²) in [6.45, 7) is 3.79. The van der Waals surface area contributed by atoms with Crippen molar-refractivity contribution >= 4 is 11.6 Å². The zero-order valence-corrected chi connectivity index (χ0v) is 8.88. The minimum atomic E-state index is 0.233. The van der Waals surface area contributed by atoms with Crippen molar-refractivity contribution in [3.8, 4) is 0 Å². The monoisotopic (exact) mass is 201 g/mol. The minimum absolute atomic E-state index is 0.233. The van der Waals surface area contributed by atoms with Crippen LogP contribution in [0, 0.1) is 0 Å². The molecule has 0 amide bonds. The Balaban J connectivity index is 2.20. The van der Waals surface area contributed by atoms with Gasteiger partial charge in [-0.3, -0.25) is 4.68 Å². The zero-order chi connectivity index (χ0) is 9.68. The molecular formula is C9H16ClN3. The molecule has 0 fully saturated rings. The highest BCUT2D eigenvalue weighted by atomic mass is 35.5. The van der Waals surface area contributed by atoms with E-state index in [9.17, 15) is 0 Å². The second kappa shape index (κ2) is 5.25. The predicted molar refractivity (Wildman–Crippen MR) is 54.8 cm³/mol. The Labute approximate surface area is 84.1 Å². The van der Waals surface area contributed by atoms with Crippen molar-refractivity contribution in [3.63, 3.8) is 0 Å². The Morgan fingerprint density at radius 3 is 3.00 bits per heavy atom. The first-order valence-corrected chi connectivity index (χ1v) is 4.98. The van der Waals surface area contributed by atoms with Crippen LogP contribution in [0.3, 0.4) is 0 Å². The molecule has 1 unspecified atom stereocenters. The number of alkyl halides is 1. The van der Waals surface area contributed by atoms with Crippen LogP contribution in [0.25, 0.3) is 0 Å². The van der Waals surface area contributed by atoms with Crippen molar-refractivity contribution < 1.29 is 0 Å². The van der Waals surface area contributed by atoms with Gasteiger partial charge in [0.1, 0.15) is 0 Å². The van der Waals surface area contributed by atoms with E-state index in [0.29, 0.717) is 0 Å². The number of aromatic nitrogens is 2. The van der Waals surface area contributed by atoms with Crippen molar-refractivity contribution in [1.29, 1.82) is 0 Å². The lowest BCUT2D eigenvalue weighted by atomic mass is 10.3. The fraction of sp³-hybridized carbons (Fsp3) is 0.667. The highest BCUT2D eigenvalue weighted by molar-refractivity contribution is 6.20. The molecule has 1 aromatic heterocycles. The largest absolute Gasteiger partial charge is 0.311 e. The molecule has 1 aromatic rings. The first kappa shape index (κ1) is 10.5. The van der Waals surface area contributed by atoms with E-state index in [1.165, 1.54) is 5.56 Å². The summed E-state index contributed by atoms with van der Waals surface area (Å²) in [5.41, 5.74) is 1.20. The maximum Gasteiger partial charge on any atom is 0.0534 e. The van der Waals surface area contributed by atoms with Crippen LogP contribution < -0.4 is 5.32 Å². The lowest BCUT2D eigenvalue weighted by molar-refractivity contribution is 0.647. The average molecular weight is 202 g/mol. The third-order valence-corrected chi connectivity index (χ3v) is 2.36. The molecule has 3 nitrogen and oxygen atoms in total. The normalized spacial score (nSPS) is 13.2. The van der Waals surface area contributed by atoms with E-state index < -0.39 is 0 Å². The fourth-order valence-corrected chi connectivity index (χ4v) is 1.19. The quantitative estimate of drug-likeness (QED) is 0.733. The first-order chi connectivity index (χ1) is 6.22. The van der Waals surface area contributed by atoms with Crippen LogP contribution in [0.2, 0.25) is 0 Å². The van der Waals surface area contributed by atoms with Gasteiger partial charge in [0.2, 0.25) is 0 Å². The summed E-state index contributed by atoms with van der Waals surface area (Å²) in [7, 11) is 1.92. The molecule has 0 spiro atoms. The molecule has 13 heavy (non-hydrogen) atoms. The molecule has 0 saturated carbocycles. The minimum Gasteiger partial charge on any atom is -0.311 e. The molecule has 0 aliphatic rings. The summed E-state index contributed by atoms with van der Waals surface area (Å²) in [5.74, 6) is 0. The standard InChI is InChI=1S/C9H16ClN3/c1-3-9(10)6-11-4-8-5-12-13(2)7-8/h5,7,9,11H,3-4,6H2,1-2H3. The van der Waals surface area contributed by atoms with Gasteiger partial charge in [-0.25, -0.2) is 0 Å². The molecule has 1 heterocycles. The van der Waals surface area contributed by atoms with Gasteiger partial charge in [-0.2, -0.15) is 5.10 Å². The summed E-state index contributed by atoms with van der Waals surface area (Å²) in [6, 6.07) is 0. The van der Waals surface area contributed by atoms with E-state index in [1.807, 2.05) is 19.4 Å². The molecule has 1 rings (SSSR count). The molecule has 1 atom stereocenters.